The van der Waals surface area contributed by atoms with Crippen LogP contribution < -0.4 is 4.72 Å². The molecule has 1 rings (SSSR count). The van der Waals surface area contributed by atoms with Crippen LogP contribution in [0, 0.1) is 12.8 Å². The Morgan fingerprint density at radius 1 is 1.31 bits per heavy atom. The molecule has 0 aliphatic rings. The van der Waals surface area contributed by atoms with Gasteiger partial charge in [0, 0.05) is 12.5 Å². The Balaban J connectivity index is 2.78. The Morgan fingerprint density at radius 2 is 1.88 bits per heavy atom. The Labute approximate surface area is 95.7 Å². The third-order valence-corrected chi connectivity index (χ3v) is 3.60. The van der Waals surface area contributed by atoms with Crippen LogP contribution in [-0.2, 0) is 14.8 Å². The van der Waals surface area contributed by atoms with Crippen LogP contribution in [0.5, 0.6) is 0 Å². The standard InChI is InChI=1S/C11H15NO3S/c1-9-3-5-11(6-4-9)16(14,15)12-7-10(2)8-13/h3-6,8,10,12H,7H2,1-2H3/t10-/m0/s1. The maximum atomic E-state index is 11.7. The van der Waals surface area contributed by atoms with E-state index in [1.807, 2.05) is 6.92 Å². The number of benzene rings is 1. The summed E-state index contributed by atoms with van der Waals surface area (Å²) in [6, 6.07) is 6.56. The molecule has 0 heterocycles. The predicted octanol–water partition coefficient (Wildman–Crippen LogP) is 1.11. The number of hydrogen-bond donors (Lipinski definition) is 1. The molecule has 0 aliphatic carbocycles. The summed E-state index contributed by atoms with van der Waals surface area (Å²) in [5.41, 5.74) is 1.00. The Hall–Kier alpha value is -1.20. The van der Waals surface area contributed by atoms with Crippen LogP contribution >= 0.6 is 0 Å². The van der Waals surface area contributed by atoms with E-state index in [1.54, 1.807) is 31.2 Å². The second-order valence-corrected chi connectivity index (χ2v) is 5.55. The molecule has 0 fully saturated rings. The lowest BCUT2D eigenvalue weighted by molar-refractivity contribution is -0.110. The van der Waals surface area contributed by atoms with Crippen LogP contribution in [-0.4, -0.2) is 21.2 Å². The van der Waals surface area contributed by atoms with Gasteiger partial charge in [-0.15, -0.1) is 0 Å². The second-order valence-electron chi connectivity index (χ2n) is 3.78. The summed E-state index contributed by atoms with van der Waals surface area (Å²) in [7, 11) is -3.49. The van der Waals surface area contributed by atoms with Crippen LogP contribution in [0.4, 0.5) is 0 Å². The van der Waals surface area contributed by atoms with E-state index in [1.165, 1.54) is 0 Å². The van der Waals surface area contributed by atoms with Crippen molar-refractivity contribution in [2.75, 3.05) is 6.54 Å². The molecule has 1 atom stereocenters. The van der Waals surface area contributed by atoms with Crippen molar-refractivity contribution in [1.82, 2.24) is 4.72 Å². The van der Waals surface area contributed by atoms with Gasteiger partial charge in [0.15, 0.2) is 0 Å². The first-order valence-corrected chi connectivity index (χ1v) is 6.45. The Bertz CT molecular complexity index is 451. The van der Waals surface area contributed by atoms with Crippen molar-refractivity contribution in [3.8, 4) is 0 Å². The molecular formula is C11H15NO3S. The van der Waals surface area contributed by atoms with Gasteiger partial charge in [-0.05, 0) is 19.1 Å². The smallest absolute Gasteiger partial charge is 0.240 e. The molecule has 0 spiro atoms. The summed E-state index contributed by atoms with van der Waals surface area (Å²) in [6.45, 7) is 3.67. The highest BCUT2D eigenvalue weighted by Crippen LogP contribution is 2.09. The largest absolute Gasteiger partial charge is 0.303 e. The molecule has 1 aromatic rings. The molecular weight excluding hydrogens is 226 g/mol. The van der Waals surface area contributed by atoms with Gasteiger partial charge < -0.3 is 4.79 Å². The second kappa shape index (κ2) is 5.23. The third kappa shape index (κ3) is 3.43. The highest BCUT2D eigenvalue weighted by Gasteiger charge is 2.14. The Kier molecular flexibility index (Phi) is 4.20. The van der Waals surface area contributed by atoms with Crippen molar-refractivity contribution in [1.29, 1.82) is 0 Å². The zero-order valence-corrected chi connectivity index (χ0v) is 10.1. The lowest BCUT2D eigenvalue weighted by Gasteiger charge is -2.08. The van der Waals surface area contributed by atoms with Gasteiger partial charge in [-0.25, -0.2) is 13.1 Å². The molecule has 0 saturated carbocycles. The molecule has 5 heteroatoms. The molecule has 16 heavy (non-hydrogen) atoms. The third-order valence-electron chi connectivity index (χ3n) is 2.16. The monoisotopic (exact) mass is 241 g/mol. The molecule has 0 radical (unpaired) electrons. The minimum Gasteiger partial charge on any atom is -0.303 e. The number of rotatable bonds is 5. The van der Waals surface area contributed by atoms with Gasteiger partial charge >= 0.3 is 0 Å². The first-order chi connectivity index (χ1) is 7.45. The van der Waals surface area contributed by atoms with Gasteiger partial charge in [0.05, 0.1) is 4.90 Å². The number of aldehydes is 1. The van der Waals surface area contributed by atoms with E-state index >= 15 is 0 Å². The summed E-state index contributed by atoms with van der Waals surface area (Å²) in [5.74, 6) is -0.319. The van der Waals surface area contributed by atoms with Crippen LogP contribution in [0.15, 0.2) is 29.2 Å². The normalized spacial score (nSPS) is 13.4. The van der Waals surface area contributed by atoms with E-state index in [2.05, 4.69) is 4.72 Å². The number of carbonyl (C=O) groups excluding carboxylic acids is 1. The average Bonchev–Trinajstić information content (AvgIpc) is 2.26. The topological polar surface area (TPSA) is 63.2 Å². The van der Waals surface area contributed by atoms with Gasteiger partial charge in [-0.1, -0.05) is 24.6 Å². The first kappa shape index (κ1) is 12.9. The van der Waals surface area contributed by atoms with Crippen LogP contribution in [0.3, 0.4) is 0 Å². The summed E-state index contributed by atoms with van der Waals surface area (Å²) < 4.78 is 25.9. The summed E-state index contributed by atoms with van der Waals surface area (Å²) in [6.07, 6.45) is 0.720. The number of nitrogens with one attached hydrogen (secondary N) is 1. The van der Waals surface area contributed by atoms with Crippen LogP contribution in [0.25, 0.3) is 0 Å². The fraction of sp³-hybridized carbons (Fsp3) is 0.364. The molecule has 0 aromatic heterocycles. The molecule has 0 unspecified atom stereocenters. The van der Waals surface area contributed by atoms with Crippen molar-refractivity contribution in [2.24, 2.45) is 5.92 Å². The van der Waals surface area contributed by atoms with Crippen molar-refractivity contribution >= 4 is 16.3 Å². The number of aryl methyl sites for hydroxylation is 1. The van der Waals surface area contributed by atoms with E-state index < -0.39 is 10.0 Å². The molecule has 4 nitrogen and oxygen atoms in total. The van der Waals surface area contributed by atoms with Gasteiger partial charge in [0.1, 0.15) is 6.29 Å². The van der Waals surface area contributed by atoms with Crippen LogP contribution in [0.2, 0.25) is 0 Å². The summed E-state index contributed by atoms with van der Waals surface area (Å²) in [4.78, 5) is 10.6. The highest BCUT2D eigenvalue weighted by atomic mass is 32.2. The number of hydrogen-bond acceptors (Lipinski definition) is 3. The van der Waals surface area contributed by atoms with Crippen molar-refractivity contribution in [2.45, 2.75) is 18.7 Å². The maximum Gasteiger partial charge on any atom is 0.240 e. The van der Waals surface area contributed by atoms with Gasteiger partial charge in [-0.3, -0.25) is 0 Å². The van der Waals surface area contributed by atoms with Crippen molar-refractivity contribution in [3.05, 3.63) is 29.8 Å². The number of carbonyl (C=O) groups is 1. The average molecular weight is 241 g/mol. The van der Waals surface area contributed by atoms with E-state index in [-0.39, 0.29) is 17.4 Å². The highest BCUT2D eigenvalue weighted by molar-refractivity contribution is 7.89. The fourth-order valence-corrected chi connectivity index (χ4v) is 2.23. The molecule has 1 N–H and O–H groups in total. The minimum atomic E-state index is -3.49. The lowest BCUT2D eigenvalue weighted by atomic mass is 10.2. The zero-order chi connectivity index (χ0) is 12.2. The predicted molar refractivity (Wildman–Crippen MR) is 61.6 cm³/mol. The van der Waals surface area contributed by atoms with E-state index in [0.717, 1.165) is 11.8 Å². The Morgan fingerprint density at radius 3 is 2.38 bits per heavy atom. The minimum absolute atomic E-state index is 0.125. The molecule has 0 aliphatic heterocycles. The lowest BCUT2D eigenvalue weighted by Crippen LogP contribution is -2.28. The maximum absolute atomic E-state index is 11.7. The first-order valence-electron chi connectivity index (χ1n) is 4.97. The van der Waals surface area contributed by atoms with Gasteiger partial charge in [0.2, 0.25) is 10.0 Å². The molecule has 1 aromatic carbocycles. The molecule has 88 valence electrons. The van der Waals surface area contributed by atoms with E-state index in [9.17, 15) is 13.2 Å². The molecule has 0 saturated heterocycles. The fourth-order valence-electron chi connectivity index (χ4n) is 1.09. The van der Waals surface area contributed by atoms with Crippen LogP contribution in [0.1, 0.15) is 12.5 Å². The molecule has 0 bridgehead atoms. The van der Waals surface area contributed by atoms with Gasteiger partial charge in [0.25, 0.3) is 0 Å². The number of sulfonamides is 1. The zero-order valence-electron chi connectivity index (χ0n) is 9.30. The van der Waals surface area contributed by atoms with Crippen molar-refractivity contribution < 1.29 is 13.2 Å². The van der Waals surface area contributed by atoms with E-state index in [0.29, 0.717) is 0 Å². The SMILES string of the molecule is Cc1ccc(S(=O)(=O)NC[C@H](C)C=O)cc1. The van der Waals surface area contributed by atoms with Crippen molar-refractivity contribution in [3.63, 3.8) is 0 Å². The molecule has 0 amide bonds. The summed E-state index contributed by atoms with van der Waals surface area (Å²) >= 11 is 0. The van der Waals surface area contributed by atoms with E-state index in [4.69, 9.17) is 0 Å². The summed E-state index contributed by atoms with van der Waals surface area (Å²) in [5, 5.41) is 0. The van der Waals surface area contributed by atoms with Gasteiger partial charge in [-0.2, -0.15) is 0 Å². The quantitative estimate of drug-likeness (QED) is 0.785.